The van der Waals surface area contributed by atoms with Gasteiger partial charge in [0.2, 0.25) is 0 Å². The van der Waals surface area contributed by atoms with Gasteiger partial charge < -0.3 is 0 Å². The Morgan fingerprint density at radius 2 is 2.00 bits per heavy atom. The van der Waals surface area contributed by atoms with Crippen molar-refractivity contribution in [1.29, 1.82) is 5.26 Å². The molecule has 0 aliphatic heterocycles. The number of rotatable bonds is 2. The van der Waals surface area contributed by atoms with Gasteiger partial charge in [0.05, 0.1) is 12.1 Å². The molecule has 0 heterocycles. The maximum atomic E-state index is 8.60. The Morgan fingerprint density at radius 1 is 1.45 bits per heavy atom. The SMILES string of the molecule is CC(C#N)NC1(C)CCCC1. The predicted octanol–water partition coefficient (Wildman–Crippen LogP) is 1.82. The fraction of sp³-hybridized carbons (Fsp3) is 0.889. The Kier molecular flexibility index (Phi) is 2.51. The Bertz CT molecular complexity index is 163. The van der Waals surface area contributed by atoms with E-state index in [1.54, 1.807) is 0 Å². The first-order valence-corrected chi connectivity index (χ1v) is 4.34. The van der Waals surface area contributed by atoms with Crippen LogP contribution in [0.25, 0.3) is 0 Å². The largest absolute Gasteiger partial charge is 0.297 e. The van der Waals surface area contributed by atoms with Crippen LogP contribution in [-0.4, -0.2) is 11.6 Å². The van der Waals surface area contributed by atoms with Gasteiger partial charge in [-0.1, -0.05) is 12.8 Å². The molecule has 0 amide bonds. The third kappa shape index (κ3) is 2.20. The maximum Gasteiger partial charge on any atom is 0.0928 e. The smallest absolute Gasteiger partial charge is 0.0928 e. The third-order valence-electron chi connectivity index (χ3n) is 2.47. The molecule has 1 unspecified atom stereocenters. The molecule has 0 radical (unpaired) electrons. The van der Waals surface area contributed by atoms with Crippen molar-refractivity contribution in [2.24, 2.45) is 0 Å². The molecule has 2 nitrogen and oxygen atoms in total. The van der Waals surface area contributed by atoms with Crippen molar-refractivity contribution in [1.82, 2.24) is 5.32 Å². The van der Waals surface area contributed by atoms with Crippen LogP contribution in [0.15, 0.2) is 0 Å². The number of hydrogen-bond acceptors (Lipinski definition) is 2. The number of nitriles is 1. The van der Waals surface area contributed by atoms with Gasteiger partial charge in [-0.05, 0) is 26.7 Å². The molecule has 62 valence electrons. The van der Waals surface area contributed by atoms with Crippen LogP contribution in [0.4, 0.5) is 0 Å². The number of hydrogen-bond donors (Lipinski definition) is 1. The molecule has 1 atom stereocenters. The van der Waals surface area contributed by atoms with Crippen molar-refractivity contribution in [2.75, 3.05) is 0 Å². The van der Waals surface area contributed by atoms with Crippen LogP contribution in [0.5, 0.6) is 0 Å². The lowest BCUT2D eigenvalue weighted by Crippen LogP contribution is -2.44. The van der Waals surface area contributed by atoms with E-state index in [4.69, 9.17) is 5.26 Å². The second-order valence-corrected chi connectivity index (χ2v) is 3.76. The summed E-state index contributed by atoms with van der Waals surface area (Å²) in [4.78, 5) is 0. The first-order valence-electron chi connectivity index (χ1n) is 4.34. The highest BCUT2D eigenvalue weighted by atomic mass is 15.0. The predicted molar refractivity (Wildman–Crippen MR) is 45.1 cm³/mol. The second kappa shape index (κ2) is 3.23. The zero-order valence-corrected chi connectivity index (χ0v) is 7.35. The van der Waals surface area contributed by atoms with Gasteiger partial charge in [0.25, 0.3) is 0 Å². The van der Waals surface area contributed by atoms with Gasteiger partial charge >= 0.3 is 0 Å². The van der Waals surface area contributed by atoms with Gasteiger partial charge in [0.15, 0.2) is 0 Å². The van der Waals surface area contributed by atoms with Crippen LogP contribution in [0.3, 0.4) is 0 Å². The minimum Gasteiger partial charge on any atom is -0.297 e. The van der Waals surface area contributed by atoms with Gasteiger partial charge in [-0.2, -0.15) is 5.26 Å². The standard InChI is InChI=1S/C9H16N2/c1-8(7-10)11-9(2)5-3-4-6-9/h8,11H,3-6H2,1-2H3. The molecule has 1 saturated carbocycles. The molecule has 1 rings (SSSR count). The van der Waals surface area contributed by atoms with Crippen LogP contribution in [-0.2, 0) is 0 Å². The van der Waals surface area contributed by atoms with E-state index < -0.39 is 0 Å². The van der Waals surface area contributed by atoms with Crippen LogP contribution >= 0.6 is 0 Å². The average Bonchev–Trinajstić information content (AvgIpc) is 2.36. The van der Waals surface area contributed by atoms with E-state index in [0.29, 0.717) is 0 Å². The van der Waals surface area contributed by atoms with Crippen molar-refractivity contribution in [3.8, 4) is 6.07 Å². The Balaban J connectivity index is 2.41. The third-order valence-corrected chi connectivity index (χ3v) is 2.47. The quantitative estimate of drug-likeness (QED) is 0.655. The first kappa shape index (κ1) is 8.55. The van der Waals surface area contributed by atoms with Crippen molar-refractivity contribution >= 4 is 0 Å². The van der Waals surface area contributed by atoms with Crippen LogP contribution in [0.2, 0.25) is 0 Å². The van der Waals surface area contributed by atoms with E-state index in [2.05, 4.69) is 18.3 Å². The topological polar surface area (TPSA) is 35.8 Å². The lowest BCUT2D eigenvalue weighted by atomic mass is 10.00. The molecule has 1 fully saturated rings. The molecule has 0 aromatic heterocycles. The fourth-order valence-corrected chi connectivity index (χ4v) is 1.85. The lowest BCUT2D eigenvalue weighted by Gasteiger charge is -2.26. The minimum atomic E-state index is -0.00176. The van der Waals surface area contributed by atoms with Crippen LogP contribution < -0.4 is 5.32 Å². The molecule has 0 aromatic carbocycles. The van der Waals surface area contributed by atoms with Crippen molar-refractivity contribution in [3.05, 3.63) is 0 Å². The molecule has 11 heavy (non-hydrogen) atoms. The molecule has 1 aliphatic carbocycles. The molecule has 2 heteroatoms. The first-order chi connectivity index (χ1) is 5.16. The van der Waals surface area contributed by atoms with Gasteiger partial charge in [0, 0.05) is 5.54 Å². The van der Waals surface area contributed by atoms with Gasteiger partial charge in [-0.15, -0.1) is 0 Å². The maximum absolute atomic E-state index is 8.60. The zero-order chi connectivity index (χ0) is 8.32. The zero-order valence-electron chi connectivity index (χ0n) is 7.35. The number of nitrogens with one attached hydrogen (secondary N) is 1. The van der Waals surface area contributed by atoms with Crippen molar-refractivity contribution in [2.45, 2.75) is 51.1 Å². The van der Waals surface area contributed by atoms with E-state index >= 15 is 0 Å². The molecule has 0 spiro atoms. The summed E-state index contributed by atoms with van der Waals surface area (Å²) >= 11 is 0. The summed E-state index contributed by atoms with van der Waals surface area (Å²) in [7, 11) is 0. The highest BCUT2D eigenvalue weighted by molar-refractivity contribution is 4.96. The summed E-state index contributed by atoms with van der Waals surface area (Å²) in [5, 5.41) is 11.9. The van der Waals surface area contributed by atoms with Crippen LogP contribution in [0.1, 0.15) is 39.5 Å². The molecule has 0 aromatic rings. The van der Waals surface area contributed by atoms with Crippen LogP contribution in [0, 0.1) is 11.3 Å². The van der Waals surface area contributed by atoms with Crippen molar-refractivity contribution in [3.63, 3.8) is 0 Å². The summed E-state index contributed by atoms with van der Waals surface area (Å²) in [6.07, 6.45) is 5.06. The van der Waals surface area contributed by atoms with Gasteiger partial charge in [0.1, 0.15) is 0 Å². The highest BCUT2D eigenvalue weighted by Gasteiger charge is 2.29. The fourth-order valence-electron chi connectivity index (χ4n) is 1.85. The Morgan fingerprint density at radius 3 is 2.45 bits per heavy atom. The van der Waals surface area contributed by atoms with Gasteiger partial charge in [-0.3, -0.25) is 5.32 Å². The summed E-state index contributed by atoms with van der Waals surface area (Å²) in [6, 6.07) is 2.20. The molecule has 0 bridgehead atoms. The molecular weight excluding hydrogens is 136 g/mol. The Hall–Kier alpha value is -0.550. The molecule has 0 saturated heterocycles. The summed E-state index contributed by atoms with van der Waals surface area (Å²) in [5.41, 5.74) is 0.245. The Labute approximate surface area is 68.6 Å². The van der Waals surface area contributed by atoms with E-state index in [1.165, 1.54) is 25.7 Å². The monoisotopic (exact) mass is 152 g/mol. The second-order valence-electron chi connectivity index (χ2n) is 3.76. The highest BCUT2D eigenvalue weighted by Crippen LogP contribution is 2.29. The van der Waals surface area contributed by atoms with E-state index in [-0.39, 0.29) is 11.6 Å². The average molecular weight is 152 g/mol. The normalized spacial score (nSPS) is 24.5. The summed E-state index contributed by atoms with van der Waals surface area (Å²) in [5.74, 6) is 0. The van der Waals surface area contributed by atoms with E-state index in [1.807, 2.05) is 6.92 Å². The van der Waals surface area contributed by atoms with Gasteiger partial charge in [-0.25, -0.2) is 0 Å². The van der Waals surface area contributed by atoms with E-state index in [9.17, 15) is 0 Å². The molecular formula is C9H16N2. The molecule has 1 N–H and O–H groups in total. The summed E-state index contributed by atoms with van der Waals surface area (Å²) < 4.78 is 0. The molecule has 1 aliphatic rings. The van der Waals surface area contributed by atoms with E-state index in [0.717, 1.165) is 0 Å². The number of nitrogens with zero attached hydrogens (tertiary/aromatic N) is 1. The minimum absolute atomic E-state index is 0.00176. The lowest BCUT2D eigenvalue weighted by molar-refractivity contribution is 0.350. The van der Waals surface area contributed by atoms with Crippen molar-refractivity contribution < 1.29 is 0 Å². The summed E-state index contributed by atoms with van der Waals surface area (Å²) in [6.45, 7) is 4.14.